The van der Waals surface area contributed by atoms with Crippen molar-refractivity contribution in [1.82, 2.24) is 10.2 Å². The fourth-order valence-electron chi connectivity index (χ4n) is 3.16. The highest BCUT2D eigenvalue weighted by atomic mass is 15.2. The maximum atomic E-state index is 3.33. The second-order valence-electron chi connectivity index (χ2n) is 5.93. The van der Waals surface area contributed by atoms with Gasteiger partial charge in [0.1, 0.15) is 0 Å². The van der Waals surface area contributed by atoms with Gasteiger partial charge in [-0.2, -0.15) is 0 Å². The lowest BCUT2D eigenvalue weighted by atomic mass is 9.95. The first kappa shape index (κ1) is 14.5. The third-order valence-electron chi connectivity index (χ3n) is 4.36. The molecule has 0 aliphatic carbocycles. The third kappa shape index (κ3) is 4.63. The van der Waals surface area contributed by atoms with E-state index < -0.39 is 0 Å². The molecule has 0 radical (unpaired) electrons. The van der Waals surface area contributed by atoms with Crippen LogP contribution < -0.4 is 5.32 Å². The first-order chi connectivity index (χ1) is 9.29. The quantitative estimate of drug-likeness (QED) is 0.846. The molecule has 1 aliphatic rings. The van der Waals surface area contributed by atoms with Crippen molar-refractivity contribution in [2.75, 3.05) is 26.7 Å². The van der Waals surface area contributed by atoms with Gasteiger partial charge in [-0.05, 0) is 64.2 Å². The summed E-state index contributed by atoms with van der Waals surface area (Å²) in [6.45, 7) is 6.12. The van der Waals surface area contributed by atoms with Crippen LogP contribution in [0.15, 0.2) is 30.3 Å². The molecule has 1 fully saturated rings. The molecule has 1 N–H and O–H groups in total. The number of benzene rings is 1. The summed E-state index contributed by atoms with van der Waals surface area (Å²) in [5, 5.41) is 3.33. The van der Waals surface area contributed by atoms with Crippen LogP contribution >= 0.6 is 0 Å². The monoisotopic (exact) mass is 260 g/mol. The van der Waals surface area contributed by atoms with Gasteiger partial charge in [-0.3, -0.25) is 0 Å². The van der Waals surface area contributed by atoms with Crippen LogP contribution in [0.1, 0.15) is 31.7 Å². The van der Waals surface area contributed by atoms with Crippen LogP contribution in [0.5, 0.6) is 0 Å². The lowest BCUT2D eigenvalue weighted by molar-refractivity contribution is 0.126. The van der Waals surface area contributed by atoms with E-state index in [4.69, 9.17) is 0 Å². The van der Waals surface area contributed by atoms with Crippen molar-refractivity contribution in [1.29, 1.82) is 0 Å². The van der Waals surface area contributed by atoms with Crippen molar-refractivity contribution in [2.24, 2.45) is 5.92 Å². The Kier molecular flexibility index (Phi) is 5.87. The van der Waals surface area contributed by atoms with E-state index in [-0.39, 0.29) is 0 Å². The zero-order chi connectivity index (χ0) is 13.5. The van der Waals surface area contributed by atoms with Crippen LogP contribution in [0.3, 0.4) is 0 Å². The maximum absolute atomic E-state index is 3.33. The van der Waals surface area contributed by atoms with E-state index in [1.165, 1.54) is 50.9 Å². The van der Waals surface area contributed by atoms with Crippen LogP contribution in [0, 0.1) is 5.92 Å². The largest absolute Gasteiger partial charge is 0.319 e. The highest BCUT2D eigenvalue weighted by molar-refractivity contribution is 5.14. The lowest BCUT2D eigenvalue weighted by Crippen LogP contribution is -2.43. The summed E-state index contributed by atoms with van der Waals surface area (Å²) in [5.41, 5.74) is 1.47. The van der Waals surface area contributed by atoms with Crippen molar-refractivity contribution in [3.8, 4) is 0 Å². The molecule has 1 saturated heterocycles. The van der Waals surface area contributed by atoms with Crippen LogP contribution in [-0.4, -0.2) is 37.6 Å². The normalized spacial score (nSPS) is 22.3. The first-order valence-corrected chi connectivity index (χ1v) is 7.72. The average molecular weight is 260 g/mol. The minimum atomic E-state index is 0.708. The fraction of sp³-hybridized carbons (Fsp3) is 0.647. The highest BCUT2D eigenvalue weighted by Gasteiger charge is 2.22. The Morgan fingerprint density at radius 3 is 2.84 bits per heavy atom. The van der Waals surface area contributed by atoms with E-state index in [2.05, 4.69) is 54.5 Å². The van der Waals surface area contributed by atoms with Gasteiger partial charge in [-0.1, -0.05) is 30.3 Å². The Morgan fingerprint density at radius 2 is 2.11 bits per heavy atom. The molecule has 0 saturated carbocycles. The van der Waals surface area contributed by atoms with Crippen molar-refractivity contribution in [3.63, 3.8) is 0 Å². The van der Waals surface area contributed by atoms with Crippen LogP contribution in [0.25, 0.3) is 0 Å². The van der Waals surface area contributed by atoms with Crippen LogP contribution in [0.2, 0.25) is 0 Å². The van der Waals surface area contributed by atoms with Gasteiger partial charge in [-0.25, -0.2) is 0 Å². The Labute approximate surface area is 118 Å². The number of nitrogens with zero attached hydrogens (tertiary/aromatic N) is 1. The number of aryl methyl sites for hydroxylation is 1. The van der Waals surface area contributed by atoms with E-state index in [0.717, 1.165) is 5.92 Å². The predicted octanol–water partition coefficient (Wildman–Crippen LogP) is 2.94. The Bertz CT molecular complexity index is 348. The summed E-state index contributed by atoms with van der Waals surface area (Å²) >= 11 is 0. The summed E-state index contributed by atoms with van der Waals surface area (Å²) in [6.07, 6.45) is 5.23. The molecule has 2 heteroatoms. The molecule has 19 heavy (non-hydrogen) atoms. The number of nitrogens with one attached hydrogen (secondary N) is 1. The molecule has 1 aromatic rings. The first-order valence-electron chi connectivity index (χ1n) is 7.72. The Morgan fingerprint density at radius 1 is 1.32 bits per heavy atom. The SMILES string of the molecule is CNCC1CCCN(C(C)CCc2ccccc2)C1. The van der Waals surface area contributed by atoms with Crippen LogP contribution in [-0.2, 0) is 6.42 Å². The van der Waals surface area contributed by atoms with Gasteiger partial charge in [0.15, 0.2) is 0 Å². The van der Waals surface area contributed by atoms with Crippen molar-refractivity contribution < 1.29 is 0 Å². The third-order valence-corrected chi connectivity index (χ3v) is 4.36. The number of rotatable bonds is 6. The van der Waals surface area contributed by atoms with Gasteiger partial charge < -0.3 is 10.2 Å². The maximum Gasteiger partial charge on any atom is 0.00702 e. The molecule has 1 heterocycles. The summed E-state index contributed by atoms with van der Waals surface area (Å²) in [6, 6.07) is 11.6. The molecule has 0 amide bonds. The van der Waals surface area contributed by atoms with E-state index in [9.17, 15) is 0 Å². The minimum Gasteiger partial charge on any atom is -0.319 e. The number of likely N-dealkylation sites (tertiary alicyclic amines) is 1. The van der Waals surface area contributed by atoms with Crippen molar-refractivity contribution >= 4 is 0 Å². The minimum absolute atomic E-state index is 0.708. The Hall–Kier alpha value is -0.860. The summed E-state index contributed by atoms with van der Waals surface area (Å²) in [5.74, 6) is 0.845. The zero-order valence-corrected chi connectivity index (χ0v) is 12.4. The fourth-order valence-corrected chi connectivity index (χ4v) is 3.16. The zero-order valence-electron chi connectivity index (χ0n) is 12.4. The molecule has 0 bridgehead atoms. The van der Waals surface area contributed by atoms with Gasteiger partial charge in [0, 0.05) is 12.6 Å². The highest BCUT2D eigenvalue weighted by Crippen LogP contribution is 2.20. The molecular weight excluding hydrogens is 232 g/mol. The molecule has 2 rings (SSSR count). The molecule has 2 unspecified atom stereocenters. The lowest BCUT2D eigenvalue weighted by Gasteiger charge is -2.37. The van der Waals surface area contributed by atoms with Gasteiger partial charge >= 0.3 is 0 Å². The molecule has 106 valence electrons. The van der Waals surface area contributed by atoms with E-state index in [1.807, 2.05) is 0 Å². The predicted molar refractivity (Wildman–Crippen MR) is 82.4 cm³/mol. The molecular formula is C17H28N2. The Balaban J connectivity index is 1.77. The summed E-state index contributed by atoms with van der Waals surface area (Å²) in [4.78, 5) is 2.69. The van der Waals surface area contributed by atoms with Gasteiger partial charge in [-0.15, -0.1) is 0 Å². The standard InChI is InChI=1S/C17H28N2/c1-15(10-11-16-7-4-3-5-8-16)19-12-6-9-17(14-19)13-18-2/h3-5,7-8,15,17-18H,6,9-14H2,1-2H3. The number of hydrogen-bond donors (Lipinski definition) is 1. The van der Waals surface area contributed by atoms with Crippen LogP contribution in [0.4, 0.5) is 0 Å². The molecule has 0 aromatic heterocycles. The van der Waals surface area contributed by atoms with E-state index >= 15 is 0 Å². The number of piperidine rings is 1. The molecule has 2 nitrogen and oxygen atoms in total. The molecule has 1 aliphatic heterocycles. The summed E-state index contributed by atoms with van der Waals surface area (Å²) in [7, 11) is 2.07. The van der Waals surface area contributed by atoms with Crippen molar-refractivity contribution in [2.45, 2.75) is 38.6 Å². The topological polar surface area (TPSA) is 15.3 Å². The average Bonchev–Trinajstić information content (AvgIpc) is 2.46. The smallest absolute Gasteiger partial charge is 0.00702 e. The number of hydrogen-bond acceptors (Lipinski definition) is 2. The summed E-state index contributed by atoms with van der Waals surface area (Å²) < 4.78 is 0. The second-order valence-corrected chi connectivity index (χ2v) is 5.93. The van der Waals surface area contributed by atoms with Gasteiger partial charge in [0.05, 0.1) is 0 Å². The molecule has 2 atom stereocenters. The second kappa shape index (κ2) is 7.66. The molecule has 0 spiro atoms. The van der Waals surface area contributed by atoms with Gasteiger partial charge in [0.2, 0.25) is 0 Å². The van der Waals surface area contributed by atoms with E-state index in [0.29, 0.717) is 6.04 Å². The van der Waals surface area contributed by atoms with E-state index in [1.54, 1.807) is 0 Å². The molecule has 1 aromatic carbocycles. The van der Waals surface area contributed by atoms with Crippen molar-refractivity contribution in [3.05, 3.63) is 35.9 Å². The van der Waals surface area contributed by atoms with Gasteiger partial charge in [0.25, 0.3) is 0 Å².